The lowest BCUT2D eigenvalue weighted by Gasteiger charge is -2.34. The summed E-state index contributed by atoms with van der Waals surface area (Å²) in [5.74, 6) is -0.157. The molecular formula is C22H22ClN3O2S. The van der Waals surface area contributed by atoms with Gasteiger partial charge in [-0.05, 0) is 17.7 Å². The van der Waals surface area contributed by atoms with Crippen LogP contribution in [0.1, 0.15) is 22.1 Å². The van der Waals surface area contributed by atoms with E-state index in [1.807, 2.05) is 42.5 Å². The molecule has 150 valence electrons. The van der Waals surface area contributed by atoms with Gasteiger partial charge in [-0.2, -0.15) is 0 Å². The van der Waals surface area contributed by atoms with Crippen LogP contribution in [0.2, 0.25) is 5.02 Å². The number of amides is 1. The number of carbonyl (C=O) groups excluding carboxylic acids is 1. The number of hydrogen-bond donors (Lipinski definition) is 1. The van der Waals surface area contributed by atoms with Crippen LogP contribution in [0, 0.1) is 0 Å². The minimum absolute atomic E-state index is 0.110. The number of nitrogens with zero attached hydrogens (tertiary/aromatic N) is 2. The first kappa shape index (κ1) is 20.0. The van der Waals surface area contributed by atoms with E-state index in [4.69, 9.17) is 16.3 Å². The van der Waals surface area contributed by atoms with Crippen LogP contribution in [0.5, 0.6) is 0 Å². The fourth-order valence-corrected chi connectivity index (χ4v) is 4.34. The van der Waals surface area contributed by atoms with Crippen molar-refractivity contribution < 1.29 is 9.53 Å². The molecule has 1 unspecified atom stereocenters. The van der Waals surface area contributed by atoms with Crippen LogP contribution >= 0.6 is 22.9 Å². The van der Waals surface area contributed by atoms with Gasteiger partial charge in [0.25, 0.3) is 5.91 Å². The summed E-state index contributed by atoms with van der Waals surface area (Å²) in [6.07, 6.45) is 0. The molecule has 7 heteroatoms. The Bertz CT molecular complexity index is 940. The van der Waals surface area contributed by atoms with Crippen LogP contribution in [0.4, 0.5) is 0 Å². The standard InChI is InChI=1S/C22H22ClN3O2S/c23-18-8-6-17(7-9-18)22-25-19(15-29-22)21(27)24-14-20(16-4-2-1-3-5-16)26-10-12-28-13-11-26/h1-9,15,20H,10-14H2,(H,24,27). The van der Waals surface area contributed by atoms with Crippen LogP contribution < -0.4 is 5.32 Å². The number of thiazole rings is 1. The molecule has 0 radical (unpaired) electrons. The number of hydrogen-bond acceptors (Lipinski definition) is 5. The zero-order valence-electron chi connectivity index (χ0n) is 15.9. The first-order chi connectivity index (χ1) is 14.2. The Kier molecular flexibility index (Phi) is 6.56. The maximum Gasteiger partial charge on any atom is 0.270 e. The first-order valence-electron chi connectivity index (χ1n) is 9.57. The van der Waals surface area contributed by atoms with E-state index in [-0.39, 0.29) is 11.9 Å². The van der Waals surface area contributed by atoms with Gasteiger partial charge in [-0.3, -0.25) is 9.69 Å². The minimum Gasteiger partial charge on any atom is -0.379 e. The maximum atomic E-state index is 12.7. The molecule has 0 saturated carbocycles. The van der Waals surface area contributed by atoms with E-state index in [1.54, 1.807) is 5.38 Å². The molecule has 5 nitrogen and oxygen atoms in total. The minimum atomic E-state index is -0.157. The monoisotopic (exact) mass is 427 g/mol. The van der Waals surface area contributed by atoms with Crippen molar-refractivity contribution in [2.45, 2.75) is 6.04 Å². The second-order valence-corrected chi connectivity index (χ2v) is 8.12. The quantitative estimate of drug-likeness (QED) is 0.638. The fraction of sp³-hybridized carbons (Fsp3) is 0.273. The Morgan fingerprint density at radius 3 is 2.59 bits per heavy atom. The molecule has 0 aliphatic carbocycles. The summed E-state index contributed by atoms with van der Waals surface area (Å²) in [5, 5.41) is 6.35. The van der Waals surface area contributed by atoms with Gasteiger partial charge in [0.2, 0.25) is 0 Å². The van der Waals surface area contributed by atoms with Gasteiger partial charge in [0.05, 0.1) is 19.3 Å². The molecule has 1 fully saturated rings. The van der Waals surface area contributed by atoms with Gasteiger partial charge < -0.3 is 10.1 Å². The Labute approximate surface area is 179 Å². The SMILES string of the molecule is O=C(NCC(c1ccccc1)N1CCOCC1)c1csc(-c2ccc(Cl)cc2)n1. The molecule has 1 atom stereocenters. The second kappa shape index (κ2) is 9.50. The molecule has 2 heterocycles. The molecule has 1 N–H and O–H groups in total. The molecule has 0 spiro atoms. The normalized spacial score (nSPS) is 15.8. The van der Waals surface area contributed by atoms with E-state index in [0.717, 1.165) is 23.7 Å². The van der Waals surface area contributed by atoms with Crippen LogP contribution in [0.25, 0.3) is 10.6 Å². The highest BCUT2D eigenvalue weighted by atomic mass is 35.5. The molecule has 3 aromatic rings. The summed E-state index contributed by atoms with van der Waals surface area (Å²) in [7, 11) is 0. The Hall–Kier alpha value is -2.25. The Morgan fingerprint density at radius 2 is 1.86 bits per heavy atom. The highest BCUT2D eigenvalue weighted by Gasteiger charge is 2.23. The largest absolute Gasteiger partial charge is 0.379 e. The van der Waals surface area contributed by atoms with Gasteiger partial charge in [-0.1, -0.05) is 54.1 Å². The number of benzene rings is 2. The third-order valence-corrected chi connectivity index (χ3v) is 6.10. The van der Waals surface area contributed by atoms with Crippen molar-refractivity contribution >= 4 is 28.8 Å². The van der Waals surface area contributed by atoms with Crippen molar-refractivity contribution in [3.05, 3.63) is 76.3 Å². The van der Waals surface area contributed by atoms with Crippen molar-refractivity contribution in [2.24, 2.45) is 0 Å². The van der Waals surface area contributed by atoms with Crippen molar-refractivity contribution in [2.75, 3.05) is 32.8 Å². The average Bonchev–Trinajstić information content (AvgIpc) is 3.26. The topological polar surface area (TPSA) is 54.5 Å². The number of aromatic nitrogens is 1. The smallest absolute Gasteiger partial charge is 0.270 e. The summed E-state index contributed by atoms with van der Waals surface area (Å²) in [6.45, 7) is 3.66. The molecule has 1 amide bonds. The number of ether oxygens (including phenoxy) is 1. The maximum absolute atomic E-state index is 12.7. The van der Waals surface area contributed by atoms with E-state index >= 15 is 0 Å². The summed E-state index contributed by atoms with van der Waals surface area (Å²) in [5.41, 5.74) is 2.58. The third kappa shape index (κ3) is 5.03. The average molecular weight is 428 g/mol. The lowest BCUT2D eigenvalue weighted by Crippen LogP contribution is -2.43. The van der Waals surface area contributed by atoms with Crippen molar-refractivity contribution in [1.82, 2.24) is 15.2 Å². The zero-order valence-corrected chi connectivity index (χ0v) is 17.5. The summed E-state index contributed by atoms with van der Waals surface area (Å²) < 4.78 is 5.49. The van der Waals surface area contributed by atoms with Crippen molar-refractivity contribution in [3.8, 4) is 10.6 Å². The number of carbonyl (C=O) groups is 1. The van der Waals surface area contributed by atoms with Crippen molar-refractivity contribution in [3.63, 3.8) is 0 Å². The Morgan fingerprint density at radius 1 is 1.14 bits per heavy atom. The van der Waals surface area contributed by atoms with E-state index in [9.17, 15) is 4.79 Å². The molecule has 1 aliphatic rings. The van der Waals surface area contributed by atoms with Gasteiger partial charge in [-0.15, -0.1) is 11.3 Å². The molecule has 4 rings (SSSR count). The summed E-state index contributed by atoms with van der Waals surface area (Å²) >= 11 is 7.40. The van der Waals surface area contributed by atoms with Crippen LogP contribution in [-0.2, 0) is 4.74 Å². The van der Waals surface area contributed by atoms with Gasteiger partial charge >= 0.3 is 0 Å². The van der Waals surface area contributed by atoms with E-state index in [0.29, 0.717) is 30.5 Å². The van der Waals surface area contributed by atoms with Gasteiger partial charge in [-0.25, -0.2) is 4.98 Å². The van der Waals surface area contributed by atoms with E-state index in [1.165, 1.54) is 16.9 Å². The third-order valence-electron chi connectivity index (χ3n) is 4.95. The van der Waals surface area contributed by atoms with Crippen LogP contribution in [0.3, 0.4) is 0 Å². The molecule has 1 aromatic heterocycles. The zero-order chi connectivity index (χ0) is 20.1. The molecule has 0 bridgehead atoms. The number of morpholine rings is 1. The van der Waals surface area contributed by atoms with Gasteiger partial charge in [0, 0.05) is 35.6 Å². The van der Waals surface area contributed by atoms with Crippen LogP contribution in [0.15, 0.2) is 60.0 Å². The predicted molar refractivity (Wildman–Crippen MR) is 116 cm³/mol. The highest BCUT2D eigenvalue weighted by molar-refractivity contribution is 7.13. The van der Waals surface area contributed by atoms with E-state index < -0.39 is 0 Å². The first-order valence-corrected chi connectivity index (χ1v) is 10.8. The van der Waals surface area contributed by atoms with E-state index in [2.05, 4.69) is 27.3 Å². The van der Waals surface area contributed by atoms with Gasteiger partial charge in [0.1, 0.15) is 10.7 Å². The molecule has 29 heavy (non-hydrogen) atoms. The number of halogens is 1. The summed E-state index contributed by atoms with van der Waals surface area (Å²) in [4.78, 5) is 19.6. The summed E-state index contributed by atoms with van der Waals surface area (Å²) in [6, 6.07) is 17.9. The predicted octanol–water partition coefficient (Wildman–Crippen LogP) is 4.27. The van der Waals surface area contributed by atoms with Crippen molar-refractivity contribution in [1.29, 1.82) is 0 Å². The highest BCUT2D eigenvalue weighted by Crippen LogP contribution is 2.25. The lowest BCUT2D eigenvalue weighted by molar-refractivity contribution is 0.0162. The number of rotatable bonds is 6. The molecular weight excluding hydrogens is 406 g/mol. The Balaban J connectivity index is 1.44. The van der Waals surface area contributed by atoms with Crippen LogP contribution in [-0.4, -0.2) is 48.6 Å². The molecule has 1 saturated heterocycles. The van der Waals surface area contributed by atoms with Gasteiger partial charge in [0.15, 0.2) is 0 Å². The molecule has 1 aliphatic heterocycles. The fourth-order valence-electron chi connectivity index (χ4n) is 3.41. The molecule has 2 aromatic carbocycles. The number of nitrogens with one attached hydrogen (secondary N) is 1. The lowest BCUT2D eigenvalue weighted by atomic mass is 10.0. The second-order valence-electron chi connectivity index (χ2n) is 6.83.